The Morgan fingerprint density at radius 1 is 0.967 bits per heavy atom. The summed E-state index contributed by atoms with van der Waals surface area (Å²) in [5.74, 6) is 0.106. The van der Waals surface area contributed by atoms with Gasteiger partial charge in [-0.1, -0.05) is 51.1 Å². The molecule has 1 fully saturated rings. The lowest BCUT2D eigenvalue weighted by Gasteiger charge is -2.32. The van der Waals surface area contributed by atoms with Gasteiger partial charge < -0.3 is 15.1 Å². The summed E-state index contributed by atoms with van der Waals surface area (Å²) in [7, 11) is 0. The first kappa shape index (κ1) is 22.0. The van der Waals surface area contributed by atoms with E-state index in [0.717, 1.165) is 35.5 Å². The van der Waals surface area contributed by atoms with Crippen molar-refractivity contribution in [1.29, 1.82) is 0 Å². The van der Waals surface area contributed by atoms with Crippen molar-refractivity contribution in [2.45, 2.75) is 40.0 Å². The van der Waals surface area contributed by atoms with Gasteiger partial charge in [0.2, 0.25) is 0 Å². The zero-order chi connectivity index (χ0) is 21.9. The number of para-hydroxylation sites is 1. The summed E-state index contributed by atoms with van der Waals surface area (Å²) in [5.41, 5.74) is 5.10. The van der Waals surface area contributed by atoms with Crippen LogP contribution in [-0.2, 0) is 10.2 Å². The molecular weight excluding hydrogens is 374 g/mol. The molecule has 5 heteroatoms. The first-order chi connectivity index (χ1) is 14.1. The minimum absolute atomic E-state index is 0.0277. The minimum Gasteiger partial charge on any atom is -0.327 e. The molecule has 0 spiro atoms. The van der Waals surface area contributed by atoms with Gasteiger partial charge in [-0.25, -0.2) is 0 Å². The molecular formula is C25H34N3O2+. The van der Waals surface area contributed by atoms with Crippen molar-refractivity contribution < 1.29 is 14.5 Å². The normalized spacial score (nSPS) is 15.2. The highest BCUT2D eigenvalue weighted by Crippen LogP contribution is 2.22. The van der Waals surface area contributed by atoms with Crippen LogP contribution >= 0.6 is 0 Å². The molecule has 2 aromatic rings. The van der Waals surface area contributed by atoms with Gasteiger partial charge in [0.1, 0.15) is 0 Å². The Balaban J connectivity index is 1.52. The predicted molar refractivity (Wildman–Crippen MR) is 121 cm³/mol. The highest BCUT2D eigenvalue weighted by Gasteiger charge is 2.26. The standard InChI is InChI=1S/C25H33N3O2/c1-18-7-6-8-19(2)23(18)26-22(29)17-27-13-15-28(16-14-27)24(30)20-9-11-21(12-10-20)25(3,4)5/h6-12H,13-17H2,1-5H3,(H,26,29)/p+1. The highest BCUT2D eigenvalue weighted by molar-refractivity contribution is 5.94. The Labute approximate surface area is 180 Å². The fourth-order valence-electron chi connectivity index (χ4n) is 3.92. The van der Waals surface area contributed by atoms with E-state index in [1.165, 1.54) is 10.5 Å². The molecule has 1 aliphatic rings. The van der Waals surface area contributed by atoms with E-state index < -0.39 is 0 Å². The molecule has 1 saturated heterocycles. The second kappa shape index (κ2) is 9.00. The number of hydrogen-bond donors (Lipinski definition) is 2. The van der Waals surface area contributed by atoms with Crippen molar-refractivity contribution in [3.63, 3.8) is 0 Å². The molecule has 0 radical (unpaired) electrons. The molecule has 2 amide bonds. The van der Waals surface area contributed by atoms with Crippen molar-refractivity contribution >= 4 is 17.5 Å². The molecule has 0 aromatic heterocycles. The molecule has 0 aliphatic carbocycles. The molecule has 2 aromatic carbocycles. The summed E-state index contributed by atoms with van der Waals surface area (Å²) in [4.78, 5) is 28.5. The Hall–Kier alpha value is -2.66. The zero-order valence-electron chi connectivity index (χ0n) is 18.8. The first-order valence-corrected chi connectivity index (χ1v) is 10.7. The van der Waals surface area contributed by atoms with Crippen molar-refractivity contribution in [1.82, 2.24) is 4.90 Å². The van der Waals surface area contributed by atoms with Crippen LogP contribution in [0.4, 0.5) is 5.69 Å². The first-order valence-electron chi connectivity index (χ1n) is 10.7. The monoisotopic (exact) mass is 408 g/mol. The van der Waals surface area contributed by atoms with Gasteiger partial charge in [-0.05, 0) is 48.1 Å². The van der Waals surface area contributed by atoms with Crippen molar-refractivity contribution in [3.05, 3.63) is 64.7 Å². The van der Waals surface area contributed by atoms with Crippen LogP contribution in [-0.4, -0.2) is 49.4 Å². The van der Waals surface area contributed by atoms with E-state index in [4.69, 9.17) is 0 Å². The molecule has 3 rings (SSSR count). The lowest BCUT2D eigenvalue weighted by atomic mass is 9.86. The number of aryl methyl sites for hydroxylation is 2. The van der Waals surface area contributed by atoms with Crippen LogP contribution in [0.2, 0.25) is 0 Å². The van der Waals surface area contributed by atoms with Crippen LogP contribution < -0.4 is 10.2 Å². The minimum atomic E-state index is 0.0277. The fourth-order valence-corrected chi connectivity index (χ4v) is 3.92. The number of anilines is 1. The molecule has 1 heterocycles. The number of hydrogen-bond acceptors (Lipinski definition) is 2. The summed E-state index contributed by atoms with van der Waals surface area (Å²) in [6.07, 6.45) is 0. The second-order valence-electron chi connectivity index (χ2n) is 9.36. The van der Waals surface area contributed by atoms with Gasteiger partial charge in [0.05, 0.1) is 26.2 Å². The molecule has 1 aliphatic heterocycles. The number of nitrogens with one attached hydrogen (secondary N) is 2. The van der Waals surface area contributed by atoms with E-state index in [1.807, 2.05) is 61.2 Å². The van der Waals surface area contributed by atoms with E-state index in [1.54, 1.807) is 0 Å². The fraction of sp³-hybridized carbons (Fsp3) is 0.440. The quantitative estimate of drug-likeness (QED) is 0.817. The number of benzene rings is 2. The zero-order valence-corrected chi connectivity index (χ0v) is 18.8. The van der Waals surface area contributed by atoms with E-state index in [9.17, 15) is 9.59 Å². The summed E-state index contributed by atoms with van der Waals surface area (Å²) in [6, 6.07) is 14.0. The van der Waals surface area contributed by atoms with Gasteiger partial charge in [0, 0.05) is 11.3 Å². The van der Waals surface area contributed by atoms with Gasteiger partial charge in [-0.2, -0.15) is 0 Å². The Morgan fingerprint density at radius 3 is 2.07 bits per heavy atom. The predicted octanol–water partition coefficient (Wildman–Crippen LogP) is 2.58. The molecule has 0 bridgehead atoms. The summed E-state index contributed by atoms with van der Waals surface area (Å²) < 4.78 is 0. The number of nitrogens with zero attached hydrogens (tertiary/aromatic N) is 1. The Morgan fingerprint density at radius 2 is 1.53 bits per heavy atom. The second-order valence-corrected chi connectivity index (χ2v) is 9.36. The molecule has 160 valence electrons. The maximum absolute atomic E-state index is 12.8. The SMILES string of the molecule is Cc1cccc(C)c1NC(=O)C[NH+]1CCN(C(=O)c2ccc(C(C)(C)C)cc2)CC1. The molecule has 2 N–H and O–H groups in total. The van der Waals surface area contributed by atoms with E-state index in [0.29, 0.717) is 19.6 Å². The van der Waals surface area contributed by atoms with E-state index >= 15 is 0 Å². The molecule has 30 heavy (non-hydrogen) atoms. The Kier molecular flexibility index (Phi) is 6.61. The van der Waals surface area contributed by atoms with Gasteiger partial charge >= 0.3 is 0 Å². The van der Waals surface area contributed by atoms with Crippen LogP contribution in [0.3, 0.4) is 0 Å². The van der Waals surface area contributed by atoms with Gasteiger partial charge in [-0.15, -0.1) is 0 Å². The number of carbonyl (C=O) groups excluding carboxylic acids is 2. The van der Waals surface area contributed by atoms with Crippen LogP contribution in [0.5, 0.6) is 0 Å². The molecule has 0 atom stereocenters. The van der Waals surface area contributed by atoms with Crippen molar-refractivity contribution in [2.24, 2.45) is 0 Å². The van der Waals surface area contributed by atoms with Crippen LogP contribution in [0.1, 0.15) is 47.8 Å². The maximum atomic E-state index is 12.8. The smallest absolute Gasteiger partial charge is 0.279 e. The lowest BCUT2D eigenvalue weighted by Crippen LogP contribution is -3.15. The van der Waals surface area contributed by atoms with Crippen LogP contribution in [0.25, 0.3) is 0 Å². The summed E-state index contributed by atoms with van der Waals surface area (Å²) in [6.45, 7) is 13.9. The average Bonchev–Trinajstić information content (AvgIpc) is 2.70. The van der Waals surface area contributed by atoms with Crippen LogP contribution in [0, 0.1) is 13.8 Å². The van der Waals surface area contributed by atoms with Gasteiger partial charge in [0.25, 0.3) is 11.8 Å². The third-order valence-corrected chi connectivity index (χ3v) is 5.91. The third kappa shape index (κ3) is 5.28. The number of quaternary nitrogens is 1. The molecule has 5 nitrogen and oxygen atoms in total. The topological polar surface area (TPSA) is 53.9 Å². The number of amides is 2. The van der Waals surface area contributed by atoms with Crippen LogP contribution in [0.15, 0.2) is 42.5 Å². The molecule has 0 unspecified atom stereocenters. The maximum Gasteiger partial charge on any atom is 0.279 e. The summed E-state index contributed by atoms with van der Waals surface area (Å²) in [5, 5.41) is 3.06. The third-order valence-electron chi connectivity index (χ3n) is 5.91. The van der Waals surface area contributed by atoms with Gasteiger partial charge in [-0.3, -0.25) is 9.59 Å². The Bertz CT molecular complexity index is 885. The largest absolute Gasteiger partial charge is 0.327 e. The number of carbonyl (C=O) groups is 2. The highest BCUT2D eigenvalue weighted by atomic mass is 16.2. The molecule has 0 saturated carbocycles. The average molecular weight is 409 g/mol. The van der Waals surface area contributed by atoms with E-state index in [-0.39, 0.29) is 17.2 Å². The van der Waals surface area contributed by atoms with Crippen molar-refractivity contribution in [3.8, 4) is 0 Å². The lowest BCUT2D eigenvalue weighted by molar-refractivity contribution is -0.895. The number of rotatable bonds is 4. The number of piperazine rings is 1. The van der Waals surface area contributed by atoms with Gasteiger partial charge in [0.15, 0.2) is 6.54 Å². The summed E-state index contributed by atoms with van der Waals surface area (Å²) >= 11 is 0. The van der Waals surface area contributed by atoms with E-state index in [2.05, 4.69) is 26.1 Å². The van der Waals surface area contributed by atoms with Crippen molar-refractivity contribution in [2.75, 3.05) is 38.0 Å².